The minimum atomic E-state index is -3.55. The van der Waals surface area contributed by atoms with Gasteiger partial charge in [0, 0.05) is 11.3 Å². The van der Waals surface area contributed by atoms with Crippen molar-refractivity contribution < 1.29 is 8.42 Å². The molecule has 1 aromatic rings. The van der Waals surface area contributed by atoms with Gasteiger partial charge in [0.15, 0.2) is 0 Å². The Morgan fingerprint density at radius 1 is 1.20 bits per heavy atom. The average Bonchev–Trinajstić information content (AvgIpc) is 3.10. The molecule has 0 bridgehead atoms. The average molecular weight is 310 g/mol. The van der Waals surface area contributed by atoms with Crippen molar-refractivity contribution in [3.8, 4) is 0 Å². The molecule has 1 N–H and O–H groups in total. The predicted molar refractivity (Wildman–Crippen MR) is 85.3 cm³/mol. The summed E-state index contributed by atoms with van der Waals surface area (Å²) in [6.45, 7) is 8.80. The zero-order chi connectivity index (χ0) is 15.0. The van der Waals surface area contributed by atoms with Crippen LogP contribution >= 0.6 is 0 Å². The molecule has 0 heterocycles. The fourth-order valence-electron chi connectivity index (χ4n) is 2.20. The highest BCUT2D eigenvalue weighted by Crippen LogP contribution is 2.58. The highest BCUT2D eigenvalue weighted by molar-refractivity contribution is 7.89. The largest absolute Gasteiger partial charge is 0.276 e. The number of aryl methyl sites for hydroxylation is 1. The maximum Gasteiger partial charge on any atom is 0.276 e. The van der Waals surface area contributed by atoms with E-state index in [1.54, 1.807) is 24.3 Å². The number of benzene rings is 1. The molecular formula is C14H22N2O2SSi. The second-order valence-corrected chi connectivity index (χ2v) is 13.7. The van der Waals surface area contributed by atoms with Gasteiger partial charge in [0.25, 0.3) is 10.0 Å². The van der Waals surface area contributed by atoms with Gasteiger partial charge in [-0.1, -0.05) is 37.3 Å². The van der Waals surface area contributed by atoms with Gasteiger partial charge in [-0.15, -0.1) is 0 Å². The predicted octanol–water partition coefficient (Wildman–Crippen LogP) is 3.13. The molecule has 0 amide bonds. The Balaban J connectivity index is 2.09. The summed E-state index contributed by atoms with van der Waals surface area (Å²) >= 11 is 0. The molecule has 20 heavy (non-hydrogen) atoms. The molecule has 1 aliphatic rings. The summed E-state index contributed by atoms with van der Waals surface area (Å²) in [5, 5.41) is 4.18. The van der Waals surface area contributed by atoms with Crippen LogP contribution in [-0.4, -0.2) is 22.7 Å². The van der Waals surface area contributed by atoms with Crippen LogP contribution in [0.15, 0.2) is 34.3 Å². The molecule has 0 aromatic heterocycles. The fraction of sp³-hybridized carbons (Fsp3) is 0.500. The fourth-order valence-corrected chi connectivity index (χ4v) is 5.06. The Labute approximate surface area is 122 Å². The van der Waals surface area contributed by atoms with Crippen molar-refractivity contribution in [1.29, 1.82) is 0 Å². The molecule has 1 aromatic carbocycles. The Bertz CT molecular complexity index is 612. The summed E-state index contributed by atoms with van der Waals surface area (Å²) in [5.74, 6) is 0. The molecule has 1 aliphatic carbocycles. The van der Waals surface area contributed by atoms with Crippen molar-refractivity contribution in [3.05, 3.63) is 29.8 Å². The first-order chi connectivity index (χ1) is 9.16. The van der Waals surface area contributed by atoms with Crippen molar-refractivity contribution in [3.63, 3.8) is 0 Å². The number of nitrogens with zero attached hydrogens (tertiary/aromatic N) is 1. The van der Waals surface area contributed by atoms with Crippen LogP contribution in [0, 0.1) is 6.92 Å². The van der Waals surface area contributed by atoms with Gasteiger partial charge in [-0.2, -0.15) is 13.5 Å². The monoisotopic (exact) mass is 310 g/mol. The lowest BCUT2D eigenvalue weighted by molar-refractivity contribution is 0.584. The van der Waals surface area contributed by atoms with E-state index < -0.39 is 18.1 Å². The van der Waals surface area contributed by atoms with E-state index in [0.717, 1.165) is 18.4 Å². The van der Waals surface area contributed by atoms with Gasteiger partial charge in [-0.25, -0.2) is 4.83 Å². The van der Waals surface area contributed by atoms with Crippen LogP contribution in [-0.2, 0) is 10.0 Å². The SMILES string of the molecule is Cc1ccc(S(=O)(=O)N/N=C/C2([Si](C)(C)C)CC2)cc1. The van der Waals surface area contributed by atoms with Crippen LogP contribution in [0.25, 0.3) is 0 Å². The van der Waals surface area contributed by atoms with Crippen molar-refractivity contribution in [2.75, 3.05) is 0 Å². The molecule has 1 saturated carbocycles. The Morgan fingerprint density at radius 2 is 1.75 bits per heavy atom. The first kappa shape index (κ1) is 15.2. The van der Waals surface area contributed by atoms with Crippen molar-refractivity contribution in [2.24, 2.45) is 5.10 Å². The number of nitrogens with one attached hydrogen (secondary N) is 1. The van der Waals surface area contributed by atoms with Gasteiger partial charge in [-0.05, 0) is 31.9 Å². The molecule has 0 radical (unpaired) electrons. The third-order valence-electron chi connectivity index (χ3n) is 4.10. The summed E-state index contributed by atoms with van der Waals surface area (Å²) in [7, 11) is -4.89. The van der Waals surface area contributed by atoms with E-state index in [2.05, 4.69) is 29.6 Å². The second-order valence-electron chi connectivity index (χ2n) is 6.57. The number of hydrazone groups is 1. The van der Waals surface area contributed by atoms with E-state index in [-0.39, 0.29) is 9.93 Å². The van der Waals surface area contributed by atoms with Gasteiger partial charge in [0.2, 0.25) is 0 Å². The Hall–Kier alpha value is -1.14. The van der Waals surface area contributed by atoms with Crippen molar-refractivity contribution in [1.82, 2.24) is 4.83 Å². The lowest BCUT2D eigenvalue weighted by atomic mass is 10.2. The number of hydrogen-bond acceptors (Lipinski definition) is 3. The standard InChI is InChI=1S/C14H22N2O2SSi/c1-12-5-7-13(8-6-12)19(17,18)16-15-11-14(9-10-14)20(2,3)4/h5-8,11,16H,9-10H2,1-4H3/b15-11+. The topological polar surface area (TPSA) is 58.5 Å². The number of hydrogen-bond donors (Lipinski definition) is 1. The van der Waals surface area contributed by atoms with E-state index in [1.807, 2.05) is 13.1 Å². The lowest BCUT2D eigenvalue weighted by Crippen LogP contribution is -2.31. The first-order valence-corrected chi connectivity index (χ1v) is 11.8. The van der Waals surface area contributed by atoms with E-state index >= 15 is 0 Å². The molecule has 0 spiro atoms. The highest BCUT2D eigenvalue weighted by atomic mass is 32.2. The smallest absolute Gasteiger partial charge is 0.200 e. The van der Waals surface area contributed by atoms with Gasteiger partial charge in [0.05, 0.1) is 13.0 Å². The molecule has 0 unspecified atom stereocenters. The van der Waals surface area contributed by atoms with Gasteiger partial charge >= 0.3 is 0 Å². The second kappa shape index (κ2) is 5.00. The zero-order valence-electron chi connectivity index (χ0n) is 12.5. The summed E-state index contributed by atoms with van der Waals surface area (Å²) in [6, 6.07) is 6.75. The molecule has 2 rings (SSSR count). The summed E-state index contributed by atoms with van der Waals surface area (Å²) in [5.41, 5.74) is 1.03. The van der Waals surface area contributed by atoms with Crippen molar-refractivity contribution in [2.45, 2.75) is 49.3 Å². The van der Waals surface area contributed by atoms with Crippen molar-refractivity contribution >= 4 is 24.3 Å². The van der Waals surface area contributed by atoms with Gasteiger partial charge < -0.3 is 0 Å². The molecule has 6 heteroatoms. The maximum atomic E-state index is 12.1. The maximum absolute atomic E-state index is 12.1. The minimum absolute atomic E-state index is 0.169. The third-order valence-corrected chi connectivity index (χ3v) is 8.95. The Morgan fingerprint density at radius 3 is 2.20 bits per heavy atom. The third kappa shape index (κ3) is 3.12. The quantitative estimate of drug-likeness (QED) is 0.516. The summed E-state index contributed by atoms with van der Waals surface area (Å²) < 4.78 is 24.2. The van der Waals surface area contributed by atoms with E-state index in [4.69, 9.17) is 0 Å². The molecule has 0 saturated heterocycles. The number of sulfonamides is 1. The van der Waals surface area contributed by atoms with E-state index in [1.165, 1.54) is 0 Å². The van der Waals surface area contributed by atoms with Crippen LogP contribution in [0.2, 0.25) is 24.7 Å². The summed E-state index contributed by atoms with van der Waals surface area (Å²) in [4.78, 5) is 2.58. The minimum Gasteiger partial charge on any atom is -0.200 e. The molecule has 110 valence electrons. The molecule has 4 nitrogen and oxygen atoms in total. The van der Waals surface area contributed by atoms with Crippen LogP contribution in [0.5, 0.6) is 0 Å². The van der Waals surface area contributed by atoms with Crippen LogP contribution in [0.3, 0.4) is 0 Å². The van der Waals surface area contributed by atoms with Crippen LogP contribution in [0.1, 0.15) is 18.4 Å². The van der Waals surface area contributed by atoms with E-state index in [9.17, 15) is 8.42 Å². The van der Waals surface area contributed by atoms with Gasteiger partial charge in [-0.3, -0.25) is 0 Å². The Kier molecular flexibility index (Phi) is 3.81. The lowest BCUT2D eigenvalue weighted by Gasteiger charge is -2.24. The molecule has 0 aliphatic heterocycles. The molecule has 0 atom stereocenters. The van der Waals surface area contributed by atoms with Gasteiger partial charge in [0.1, 0.15) is 0 Å². The molecule has 1 fully saturated rings. The summed E-state index contributed by atoms with van der Waals surface area (Å²) in [6.07, 6.45) is 4.07. The normalized spacial score (nSPS) is 18.2. The zero-order valence-corrected chi connectivity index (χ0v) is 14.3. The highest BCUT2D eigenvalue weighted by Gasteiger charge is 2.51. The molecular weight excluding hydrogens is 288 g/mol. The first-order valence-electron chi connectivity index (χ1n) is 6.79. The number of rotatable bonds is 5. The van der Waals surface area contributed by atoms with Crippen LogP contribution in [0.4, 0.5) is 0 Å². The van der Waals surface area contributed by atoms with Crippen LogP contribution < -0.4 is 4.83 Å². The van der Waals surface area contributed by atoms with E-state index in [0.29, 0.717) is 0 Å².